The maximum atomic E-state index is 11.5. The van der Waals surface area contributed by atoms with Crippen LogP contribution in [0.25, 0.3) is 0 Å². The second-order valence-corrected chi connectivity index (χ2v) is 8.33. The molecule has 0 spiro atoms. The fourth-order valence-corrected chi connectivity index (χ4v) is 3.53. The number of nitrogens with two attached hydrogens (primary N) is 1. The van der Waals surface area contributed by atoms with Crippen LogP contribution in [0.1, 0.15) is 41.0 Å². The van der Waals surface area contributed by atoms with E-state index in [0.717, 1.165) is 6.42 Å². The van der Waals surface area contributed by atoms with Gasteiger partial charge in [-0.3, -0.25) is 0 Å². The zero-order chi connectivity index (χ0) is 13.5. The van der Waals surface area contributed by atoms with Gasteiger partial charge < -0.3 is 0 Å². The number of allylic oxidation sites excluding steroid dienone is 3. The van der Waals surface area contributed by atoms with E-state index in [-0.39, 0.29) is 56.8 Å². The third kappa shape index (κ3) is 5.57. The van der Waals surface area contributed by atoms with Crippen molar-refractivity contribution in [1.82, 2.24) is 0 Å². The first-order chi connectivity index (χ1) is 7.42. The molecule has 1 atom stereocenters. The molecule has 0 heterocycles. The minimum absolute atomic E-state index is 0. The van der Waals surface area contributed by atoms with E-state index in [0.29, 0.717) is 0 Å². The summed E-state index contributed by atoms with van der Waals surface area (Å²) in [6, 6.07) is 0. The standard InChI is InChI=1S/C13H23NO2S.K.H/c1-12(2,3)8-10-6-7-11(17(14,15)16)13(4,5)9-10;;/h6-7,9,11H,8H2,1-5H3,(H2,14,15,16);;. The molecule has 2 N–H and O–H groups in total. The van der Waals surface area contributed by atoms with E-state index in [4.69, 9.17) is 5.14 Å². The summed E-state index contributed by atoms with van der Waals surface area (Å²) in [6.07, 6.45) is 6.58. The van der Waals surface area contributed by atoms with E-state index in [1.165, 1.54) is 5.57 Å². The first-order valence-electron chi connectivity index (χ1n) is 5.83. The molecular weight excluding hydrogens is 273 g/mol. The average molecular weight is 298 g/mol. The fraction of sp³-hybridized carbons (Fsp3) is 0.692. The van der Waals surface area contributed by atoms with E-state index < -0.39 is 20.7 Å². The molecule has 0 saturated carbocycles. The van der Waals surface area contributed by atoms with Gasteiger partial charge in [-0.25, -0.2) is 13.6 Å². The molecule has 1 aliphatic rings. The molecule has 0 aromatic heterocycles. The Bertz CT molecular complexity index is 456. The van der Waals surface area contributed by atoms with Crippen molar-refractivity contribution in [2.24, 2.45) is 16.0 Å². The van der Waals surface area contributed by atoms with Gasteiger partial charge in [0.05, 0.1) is 0 Å². The molecule has 18 heavy (non-hydrogen) atoms. The van der Waals surface area contributed by atoms with Crippen molar-refractivity contribution in [2.75, 3.05) is 0 Å². The first kappa shape index (κ1) is 19.0. The predicted octanol–water partition coefficient (Wildman–Crippen LogP) is 1.95. The van der Waals surface area contributed by atoms with Gasteiger partial charge >= 0.3 is 51.4 Å². The SMILES string of the molecule is CC(C)(C)CC1=CC(C)(C)C(S(N)(=O)=O)C=C1.[KH]. The Kier molecular flexibility index (Phi) is 6.56. The Hall–Kier alpha value is 1.03. The molecule has 1 unspecified atom stereocenters. The van der Waals surface area contributed by atoms with Gasteiger partial charge in [-0.15, -0.1) is 0 Å². The van der Waals surface area contributed by atoms with Crippen LogP contribution >= 0.6 is 0 Å². The second kappa shape index (κ2) is 6.20. The van der Waals surface area contributed by atoms with Crippen LogP contribution in [-0.2, 0) is 10.0 Å². The molecule has 0 radical (unpaired) electrons. The summed E-state index contributed by atoms with van der Waals surface area (Å²) >= 11 is 0. The normalized spacial score (nSPS) is 23.2. The van der Waals surface area contributed by atoms with Crippen molar-refractivity contribution in [2.45, 2.75) is 46.3 Å². The molecule has 0 amide bonds. The van der Waals surface area contributed by atoms with Gasteiger partial charge in [0.2, 0.25) is 10.0 Å². The Morgan fingerprint density at radius 3 is 2.17 bits per heavy atom. The zero-order valence-electron chi connectivity index (χ0n) is 11.3. The zero-order valence-corrected chi connectivity index (χ0v) is 12.1. The van der Waals surface area contributed by atoms with Crippen LogP contribution < -0.4 is 5.14 Å². The Balaban J connectivity index is 0.00000289. The summed E-state index contributed by atoms with van der Waals surface area (Å²) in [7, 11) is -3.53. The van der Waals surface area contributed by atoms with Gasteiger partial charge in [-0.1, -0.05) is 58.4 Å². The molecule has 0 aromatic carbocycles. The van der Waals surface area contributed by atoms with Gasteiger partial charge in [-0.05, 0) is 11.8 Å². The summed E-state index contributed by atoms with van der Waals surface area (Å²) in [5.41, 5.74) is 0.936. The number of rotatable bonds is 2. The molecular formula is C13H24KNO2S. The minimum atomic E-state index is -3.53. The quantitative estimate of drug-likeness (QED) is 0.792. The monoisotopic (exact) mass is 297 g/mol. The number of primary sulfonamides is 1. The van der Waals surface area contributed by atoms with E-state index in [1.54, 1.807) is 6.08 Å². The van der Waals surface area contributed by atoms with Crippen molar-refractivity contribution < 1.29 is 8.42 Å². The van der Waals surface area contributed by atoms with Crippen molar-refractivity contribution in [3.8, 4) is 0 Å². The summed E-state index contributed by atoms with van der Waals surface area (Å²) in [5.74, 6) is 0. The van der Waals surface area contributed by atoms with Crippen LogP contribution in [-0.4, -0.2) is 65.1 Å². The van der Waals surface area contributed by atoms with E-state index >= 15 is 0 Å². The van der Waals surface area contributed by atoms with Gasteiger partial charge in [0.25, 0.3) is 0 Å². The molecule has 0 aliphatic heterocycles. The number of sulfonamides is 1. The Morgan fingerprint density at radius 1 is 1.33 bits per heavy atom. The second-order valence-electron chi connectivity index (χ2n) is 6.65. The number of hydrogen-bond donors (Lipinski definition) is 1. The molecule has 1 rings (SSSR count). The molecule has 0 saturated heterocycles. The van der Waals surface area contributed by atoms with Gasteiger partial charge in [-0.2, -0.15) is 0 Å². The van der Waals surface area contributed by atoms with Crippen LogP contribution in [0.5, 0.6) is 0 Å². The Morgan fingerprint density at radius 2 is 1.83 bits per heavy atom. The van der Waals surface area contributed by atoms with Crippen LogP contribution in [0.15, 0.2) is 23.8 Å². The van der Waals surface area contributed by atoms with E-state index in [9.17, 15) is 8.42 Å². The van der Waals surface area contributed by atoms with Crippen LogP contribution in [0.3, 0.4) is 0 Å². The molecule has 1 aliphatic carbocycles. The molecule has 100 valence electrons. The summed E-state index contributed by atoms with van der Waals surface area (Å²) < 4.78 is 23.0. The maximum absolute atomic E-state index is 11.5. The topological polar surface area (TPSA) is 60.2 Å². The molecule has 0 bridgehead atoms. The summed E-state index contributed by atoms with van der Waals surface area (Å²) in [4.78, 5) is 0. The van der Waals surface area contributed by atoms with Crippen molar-refractivity contribution in [3.63, 3.8) is 0 Å². The van der Waals surface area contributed by atoms with Gasteiger partial charge in [0, 0.05) is 5.41 Å². The van der Waals surface area contributed by atoms with Crippen LogP contribution in [0, 0.1) is 10.8 Å². The average Bonchev–Trinajstić information content (AvgIpc) is 1.94. The molecule has 0 aromatic rings. The summed E-state index contributed by atoms with van der Waals surface area (Å²) in [6.45, 7) is 10.3. The van der Waals surface area contributed by atoms with Crippen LogP contribution in [0.4, 0.5) is 0 Å². The molecule has 0 fully saturated rings. The summed E-state index contributed by atoms with van der Waals surface area (Å²) in [5, 5.41) is 4.62. The fourth-order valence-electron chi connectivity index (χ4n) is 2.32. The van der Waals surface area contributed by atoms with Gasteiger partial charge in [0.1, 0.15) is 5.25 Å². The number of hydrogen-bond acceptors (Lipinski definition) is 2. The van der Waals surface area contributed by atoms with Crippen molar-refractivity contribution in [3.05, 3.63) is 23.8 Å². The van der Waals surface area contributed by atoms with Crippen LogP contribution in [0.2, 0.25) is 0 Å². The van der Waals surface area contributed by atoms with E-state index in [1.807, 2.05) is 26.0 Å². The van der Waals surface area contributed by atoms with Crippen molar-refractivity contribution >= 4 is 61.4 Å². The predicted molar refractivity (Wildman–Crippen MR) is 79.1 cm³/mol. The third-order valence-electron chi connectivity index (χ3n) is 2.86. The third-order valence-corrected chi connectivity index (χ3v) is 4.34. The van der Waals surface area contributed by atoms with E-state index in [2.05, 4.69) is 20.8 Å². The molecule has 3 nitrogen and oxygen atoms in total. The molecule has 5 heteroatoms. The first-order valence-corrected chi connectivity index (χ1v) is 7.44. The van der Waals surface area contributed by atoms with Crippen molar-refractivity contribution in [1.29, 1.82) is 0 Å². The Labute approximate surface area is 154 Å². The van der Waals surface area contributed by atoms with Gasteiger partial charge in [0.15, 0.2) is 0 Å².